The lowest BCUT2D eigenvalue weighted by molar-refractivity contribution is 0.139. The Kier molecular flexibility index (Phi) is 5.71. The van der Waals surface area contributed by atoms with Crippen molar-refractivity contribution in [1.29, 1.82) is 0 Å². The van der Waals surface area contributed by atoms with Crippen molar-refractivity contribution in [2.24, 2.45) is 0 Å². The standard InChI is InChI=1S/C15H20N4O2S/c1-11(2)13-17-18-14(22)19(13)9-8-16-15(20)21-10-12-6-4-3-5-7-12/h3-7,11H,8-10H2,1-2H3,(H,16,20)(H,18,22). The molecule has 22 heavy (non-hydrogen) atoms. The predicted molar refractivity (Wildman–Crippen MR) is 86.1 cm³/mol. The predicted octanol–water partition coefficient (Wildman–Crippen LogP) is 2.99. The molecule has 0 atom stereocenters. The number of carbonyl (C=O) groups is 1. The van der Waals surface area contributed by atoms with Gasteiger partial charge >= 0.3 is 6.09 Å². The zero-order chi connectivity index (χ0) is 15.9. The average molecular weight is 320 g/mol. The molecule has 0 aliphatic rings. The minimum Gasteiger partial charge on any atom is -0.445 e. The van der Waals surface area contributed by atoms with Crippen LogP contribution in [-0.2, 0) is 17.9 Å². The summed E-state index contributed by atoms with van der Waals surface area (Å²) in [4.78, 5) is 11.7. The third-order valence-electron chi connectivity index (χ3n) is 3.12. The fraction of sp³-hybridized carbons (Fsp3) is 0.400. The Balaban J connectivity index is 1.78. The molecule has 1 aromatic carbocycles. The molecule has 118 valence electrons. The minimum atomic E-state index is -0.440. The van der Waals surface area contributed by atoms with Gasteiger partial charge in [0.2, 0.25) is 0 Å². The molecule has 0 spiro atoms. The summed E-state index contributed by atoms with van der Waals surface area (Å²) in [5.74, 6) is 1.14. The van der Waals surface area contributed by atoms with E-state index in [9.17, 15) is 4.79 Å². The lowest BCUT2D eigenvalue weighted by Crippen LogP contribution is -2.28. The lowest BCUT2D eigenvalue weighted by Gasteiger charge is -2.10. The largest absolute Gasteiger partial charge is 0.445 e. The summed E-state index contributed by atoms with van der Waals surface area (Å²) < 4.78 is 7.59. The van der Waals surface area contributed by atoms with E-state index in [1.165, 1.54) is 0 Å². The number of carbonyl (C=O) groups excluding carboxylic acids is 1. The topological polar surface area (TPSA) is 71.9 Å². The smallest absolute Gasteiger partial charge is 0.407 e. The molecule has 0 radical (unpaired) electrons. The number of aromatic amines is 1. The van der Waals surface area contributed by atoms with Crippen LogP contribution < -0.4 is 5.32 Å². The van der Waals surface area contributed by atoms with Crippen LogP contribution in [0, 0.1) is 4.77 Å². The molecule has 7 heteroatoms. The second-order valence-electron chi connectivity index (χ2n) is 5.18. The number of aromatic nitrogens is 3. The van der Waals surface area contributed by atoms with Gasteiger partial charge in [0.05, 0.1) is 0 Å². The van der Waals surface area contributed by atoms with Crippen molar-refractivity contribution in [3.05, 3.63) is 46.5 Å². The second-order valence-corrected chi connectivity index (χ2v) is 5.57. The van der Waals surface area contributed by atoms with Gasteiger partial charge in [-0.2, -0.15) is 5.10 Å². The molecule has 0 aliphatic carbocycles. The molecule has 0 saturated heterocycles. The van der Waals surface area contributed by atoms with E-state index in [0.29, 0.717) is 17.9 Å². The van der Waals surface area contributed by atoms with E-state index in [2.05, 4.69) is 15.5 Å². The molecule has 2 N–H and O–H groups in total. The van der Waals surface area contributed by atoms with E-state index in [1.54, 1.807) is 0 Å². The van der Waals surface area contributed by atoms with Crippen LogP contribution >= 0.6 is 12.2 Å². The number of nitrogens with zero attached hydrogens (tertiary/aromatic N) is 2. The van der Waals surface area contributed by atoms with Crippen molar-refractivity contribution in [2.45, 2.75) is 32.9 Å². The van der Waals surface area contributed by atoms with Crippen molar-refractivity contribution in [3.63, 3.8) is 0 Å². The Morgan fingerprint density at radius 2 is 2.14 bits per heavy atom. The van der Waals surface area contributed by atoms with Gasteiger partial charge in [-0.1, -0.05) is 44.2 Å². The van der Waals surface area contributed by atoms with Crippen LogP contribution in [0.15, 0.2) is 30.3 Å². The summed E-state index contributed by atoms with van der Waals surface area (Å²) in [7, 11) is 0. The third-order valence-corrected chi connectivity index (χ3v) is 3.43. The van der Waals surface area contributed by atoms with E-state index >= 15 is 0 Å². The first-order valence-electron chi connectivity index (χ1n) is 7.17. The maximum atomic E-state index is 11.7. The SMILES string of the molecule is CC(C)c1n[nH]c(=S)n1CCNC(=O)OCc1ccccc1. The van der Waals surface area contributed by atoms with Gasteiger partial charge < -0.3 is 14.6 Å². The van der Waals surface area contributed by atoms with Gasteiger partial charge in [-0.3, -0.25) is 5.10 Å². The molecule has 6 nitrogen and oxygen atoms in total. The highest BCUT2D eigenvalue weighted by molar-refractivity contribution is 7.71. The zero-order valence-corrected chi connectivity index (χ0v) is 13.5. The van der Waals surface area contributed by atoms with Gasteiger partial charge in [0, 0.05) is 19.0 Å². The molecule has 0 fully saturated rings. The van der Waals surface area contributed by atoms with Crippen molar-refractivity contribution in [1.82, 2.24) is 20.1 Å². The Bertz CT molecular complexity index is 664. The summed E-state index contributed by atoms with van der Waals surface area (Å²) in [6.07, 6.45) is -0.440. The first-order chi connectivity index (χ1) is 10.6. The molecule has 1 heterocycles. The number of benzene rings is 1. The van der Waals surface area contributed by atoms with Crippen LogP contribution in [0.4, 0.5) is 4.79 Å². The average Bonchev–Trinajstić information content (AvgIpc) is 2.88. The monoisotopic (exact) mass is 320 g/mol. The van der Waals surface area contributed by atoms with E-state index in [-0.39, 0.29) is 12.5 Å². The molecule has 0 unspecified atom stereocenters. The van der Waals surface area contributed by atoms with Crippen LogP contribution in [0.3, 0.4) is 0 Å². The third kappa shape index (κ3) is 4.42. The quantitative estimate of drug-likeness (QED) is 0.803. The molecular weight excluding hydrogens is 300 g/mol. The summed E-state index contributed by atoms with van der Waals surface area (Å²) in [5.41, 5.74) is 0.955. The maximum Gasteiger partial charge on any atom is 0.407 e. The highest BCUT2D eigenvalue weighted by atomic mass is 32.1. The van der Waals surface area contributed by atoms with E-state index in [1.807, 2.05) is 48.7 Å². The number of ether oxygens (including phenoxy) is 1. The van der Waals surface area contributed by atoms with E-state index in [4.69, 9.17) is 17.0 Å². The van der Waals surface area contributed by atoms with Gasteiger partial charge in [-0.15, -0.1) is 0 Å². The van der Waals surface area contributed by atoms with Gasteiger partial charge in [0.25, 0.3) is 0 Å². The molecule has 2 rings (SSSR count). The second kappa shape index (κ2) is 7.74. The van der Waals surface area contributed by atoms with Crippen molar-refractivity contribution >= 4 is 18.3 Å². The fourth-order valence-corrected chi connectivity index (χ4v) is 2.26. The van der Waals surface area contributed by atoms with Crippen LogP contribution in [-0.4, -0.2) is 27.4 Å². The summed E-state index contributed by atoms with van der Waals surface area (Å²) in [5, 5.41) is 9.68. The van der Waals surface area contributed by atoms with Crippen LogP contribution in [0.2, 0.25) is 0 Å². The molecule has 0 bridgehead atoms. The Hall–Kier alpha value is -2.15. The number of hydrogen-bond donors (Lipinski definition) is 2. The first-order valence-corrected chi connectivity index (χ1v) is 7.58. The van der Waals surface area contributed by atoms with E-state index in [0.717, 1.165) is 11.4 Å². The summed E-state index contributed by atoms with van der Waals surface area (Å²) in [6.45, 7) is 5.34. The minimum absolute atomic E-state index is 0.259. The Morgan fingerprint density at radius 1 is 1.41 bits per heavy atom. The summed E-state index contributed by atoms with van der Waals surface area (Å²) in [6, 6.07) is 9.56. The van der Waals surface area contributed by atoms with Crippen molar-refractivity contribution in [3.8, 4) is 0 Å². The highest BCUT2D eigenvalue weighted by Gasteiger charge is 2.10. The number of alkyl carbamates (subject to hydrolysis) is 1. The number of amides is 1. The molecule has 2 aromatic rings. The number of nitrogens with one attached hydrogen (secondary N) is 2. The lowest BCUT2D eigenvalue weighted by atomic mass is 10.2. The molecule has 1 aromatic heterocycles. The molecule has 0 saturated carbocycles. The van der Waals surface area contributed by atoms with Gasteiger partial charge in [-0.25, -0.2) is 4.79 Å². The number of hydrogen-bond acceptors (Lipinski definition) is 4. The van der Waals surface area contributed by atoms with Gasteiger partial charge in [-0.05, 0) is 17.8 Å². The molecule has 0 aliphatic heterocycles. The Labute approximate surface area is 134 Å². The first kappa shape index (κ1) is 16.2. The normalized spacial score (nSPS) is 10.7. The van der Waals surface area contributed by atoms with Gasteiger partial charge in [0.1, 0.15) is 12.4 Å². The van der Waals surface area contributed by atoms with Crippen LogP contribution in [0.25, 0.3) is 0 Å². The van der Waals surface area contributed by atoms with Gasteiger partial charge in [0.15, 0.2) is 4.77 Å². The van der Waals surface area contributed by atoms with Crippen molar-refractivity contribution < 1.29 is 9.53 Å². The Morgan fingerprint density at radius 3 is 2.82 bits per heavy atom. The van der Waals surface area contributed by atoms with Crippen LogP contribution in [0.5, 0.6) is 0 Å². The summed E-state index contributed by atoms with van der Waals surface area (Å²) >= 11 is 5.19. The van der Waals surface area contributed by atoms with E-state index < -0.39 is 6.09 Å². The molecular formula is C15H20N4O2S. The zero-order valence-electron chi connectivity index (χ0n) is 12.7. The van der Waals surface area contributed by atoms with Crippen LogP contribution in [0.1, 0.15) is 31.2 Å². The number of rotatable bonds is 6. The maximum absolute atomic E-state index is 11.7. The molecule has 1 amide bonds. The van der Waals surface area contributed by atoms with Crippen molar-refractivity contribution in [2.75, 3.05) is 6.54 Å². The highest BCUT2D eigenvalue weighted by Crippen LogP contribution is 2.10. The fourth-order valence-electron chi connectivity index (χ4n) is 2.03. The number of H-pyrrole nitrogens is 1.